The van der Waals surface area contributed by atoms with E-state index in [9.17, 15) is 0 Å². The lowest BCUT2D eigenvalue weighted by molar-refractivity contribution is 0.104. The summed E-state index contributed by atoms with van der Waals surface area (Å²) in [5.41, 5.74) is 8.34. The fraction of sp³-hybridized carbons (Fsp3) is 0.556. The number of fused-ring (bicyclic) bond motifs is 1. The summed E-state index contributed by atoms with van der Waals surface area (Å²) in [6, 6.07) is 8.65. The summed E-state index contributed by atoms with van der Waals surface area (Å²) in [7, 11) is 0. The van der Waals surface area contributed by atoms with Gasteiger partial charge in [-0.3, -0.25) is 0 Å². The Labute approximate surface area is 128 Å². The van der Waals surface area contributed by atoms with E-state index >= 15 is 0 Å². The molecule has 1 heterocycles. The van der Waals surface area contributed by atoms with Crippen molar-refractivity contribution < 1.29 is 4.74 Å². The van der Waals surface area contributed by atoms with Crippen LogP contribution in [0.2, 0.25) is 0 Å². The van der Waals surface area contributed by atoms with Crippen LogP contribution < -0.4 is 5.73 Å². The first-order valence-corrected chi connectivity index (χ1v) is 8.07. The minimum atomic E-state index is 0.596. The third-order valence-corrected chi connectivity index (χ3v) is 3.70. The number of aryl methyl sites for hydroxylation is 1. The Morgan fingerprint density at radius 3 is 2.76 bits per heavy atom. The van der Waals surface area contributed by atoms with Crippen LogP contribution in [0.25, 0.3) is 10.9 Å². The van der Waals surface area contributed by atoms with Crippen LogP contribution in [-0.2, 0) is 17.7 Å². The number of aromatic nitrogens is 1. The number of hydrogen-bond donors (Lipinski definition) is 1. The maximum Gasteiger partial charge on any atom is 0.0645 e. The zero-order valence-electron chi connectivity index (χ0n) is 13.3. The molecule has 0 aliphatic carbocycles. The van der Waals surface area contributed by atoms with Gasteiger partial charge in [-0.2, -0.15) is 0 Å². The normalized spacial score (nSPS) is 11.6. The van der Waals surface area contributed by atoms with Gasteiger partial charge in [-0.25, -0.2) is 0 Å². The van der Waals surface area contributed by atoms with Crippen LogP contribution in [0, 0.1) is 5.92 Å². The third kappa shape index (κ3) is 4.58. The lowest BCUT2D eigenvalue weighted by Gasteiger charge is -2.08. The fourth-order valence-electron chi connectivity index (χ4n) is 2.65. The van der Waals surface area contributed by atoms with Crippen molar-refractivity contribution in [3.8, 4) is 0 Å². The van der Waals surface area contributed by atoms with E-state index in [1.807, 2.05) is 0 Å². The summed E-state index contributed by atoms with van der Waals surface area (Å²) in [6.45, 7) is 7.68. The van der Waals surface area contributed by atoms with Gasteiger partial charge in [0.1, 0.15) is 0 Å². The summed E-state index contributed by atoms with van der Waals surface area (Å²) in [6.07, 6.45) is 5.66. The van der Waals surface area contributed by atoms with Gasteiger partial charge in [0.25, 0.3) is 0 Å². The van der Waals surface area contributed by atoms with Gasteiger partial charge in [0.05, 0.1) is 6.61 Å². The van der Waals surface area contributed by atoms with Crippen LogP contribution in [0.1, 0.15) is 32.3 Å². The maximum atomic E-state index is 5.72. The van der Waals surface area contributed by atoms with Gasteiger partial charge < -0.3 is 15.0 Å². The molecule has 1 aromatic heterocycles. The van der Waals surface area contributed by atoms with Gasteiger partial charge in [0.2, 0.25) is 0 Å². The second-order valence-electron chi connectivity index (χ2n) is 6.08. The van der Waals surface area contributed by atoms with Crippen molar-refractivity contribution >= 4 is 10.9 Å². The molecular weight excluding hydrogens is 260 g/mol. The zero-order valence-corrected chi connectivity index (χ0v) is 13.3. The summed E-state index contributed by atoms with van der Waals surface area (Å²) >= 11 is 0. The SMILES string of the molecule is CC(C)COCCn1cc(CCCCN)c2ccccc21. The molecule has 0 radical (unpaired) electrons. The van der Waals surface area contributed by atoms with E-state index in [-0.39, 0.29) is 0 Å². The lowest BCUT2D eigenvalue weighted by atomic mass is 10.1. The van der Waals surface area contributed by atoms with Gasteiger partial charge in [-0.05, 0) is 43.4 Å². The van der Waals surface area contributed by atoms with Crippen LogP contribution in [0.3, 0.4) is 0 Å². The Morgan fingerprint density at radius 1 is 1.19 bits per heavy atom. The Kier molecular flexibility index (Phi) is 6.27. The van der Waals surface area contributed by atoms with E-state index in [1.165, 1.54) is 16.5 Å². The number of para-hydroxylation sites is 1. The van der Waals surface area contributed by atoms with Crippen molar-refractivity contribution in [2.75, 3.05) is 19.8 Å². The number of nitrogens with zero attached hydrogens (tertiary/aromatic N) is 1. The third-order valence-electron chi connectivity index (χ3n) is 3.70. The van der Waals surface area contributed by atoms with Gasteiger partial charge in [0.15, 0.2) is 0 Å². The van der Waals surface area contributed by atoms with Gasteiger partial charge >= 0.3 is 0 Å². The number of hydrogen-bond acceptors (Lipinski definition) is 2. The van der Waals surface area contributed by atoms with Crippen molar-refractivity contribution in [2.45, 2.75) is 39.7 Å². The molecule has 0 saturated heterocycles. The first kappa shape index (κ1) is 16.1. The second-order valence-corrected chi connectivity index (χ2v) is 6.08. The van der Waals surface area contributed by atoms with E-state index < -0.39 is 0 Å². The Morgan fingerprint density at radius 2 is 2.00 bits per heavy atom. The molecule has 0 unspecified atom stereocenters. The molecule has 0 saturated carbocycles. The van der Waals surface area contributed by atoms with E-state index in [0.29, 0.717) is 5.92 Å². The van der Waals surface area contributed by atoms with Crippen LogP contribution in [-0.4, -0.2) is 24.3 Å². The molecule has 2 N–H and O–H groups in total. The van der Waals surface area contributed by atoms with Crippen LogP contribution in [0.4, 0.5) is 0 Å². The number of nitrogens with two attached hydrogens (primary N) is 1. The summed E-state index contributed by atoms with van der Waals surface area (Å²) in [5, 5.41) is 1.37. The topological polar surface area (TPSA) is 40.2 Å². The summed E-state index contributed by atoms with van der Waals surface area (Å²) in [4.78, 5) is 0. The van der Waals surface area contributed by atoms with E-state index in [0.717, 1.165) is 45.6 Å². The first-order chi connectivity index (χ1) is 10.2. The largest absolute Gasteiger partial charge is 0.379 e. The molecule has 0 fully saturated rings. The van der Waals surface area contributed by atoms with E-state index in [2.05, 4.69) is 48.9 Å². The Hall–Kier alpha value is -1.32. The molecule has 0 spiro atoms. The fourth-order valence-corrected chi connectivity index (χ4v) is 2.65. The number of rotatable bonds is 9. The molecule has 3 heteroatoms. The molecular formula is C18H28N2O. The molecule has 21 heavy (non-hydrogen) atoms. The van der Waals surface area contributed by atoms with Gasteiger partial charge in [-0.15, -0.1) is 0 Å². The summed E-state index contributed by atoms with van der Waals surface area (Å²) in [5.74, 6) is 0.596. The van der Waals surface area contributed by atoms with Crippen molar-refractivity contribution in [1.82, 2.24) is 4.57 Å². The molecule has 116 valence electrons. The van der Waals surface area contributed by atoms with Crippen molar-refractivity contribution in [2.24, 2.45) is 11.7 Å². The predicted molar refractivity (Wildman–Crippen MR) is 89.6 cm³/mol. The van der Waals surface area contributed by atoms with Crippen LogP contribution >= 0.6 is 0 Å². The lowest BCUT2D eigenvalue weighted by Crippen LogP contribution is -2.08. The second kappa shape index (κ2) is 8.20. The number of unbranched alkanes of at least 4 members (excludes halogenated alkanes) is 1. The molecule has 0 atom stereocenters. The molecule has 3 nitrogen and oxygen atoms in total. The average Bonchev–Trinajstić information content (AvgIpc) is 2.82. The number of ether oxygens (including phenoxy) is 1. The molecule has 0 aliphatic rings. The van der Waals surface area contributed by atoms with Gasteiger partial charge in [-0.1, -0.05) is 32.0 Å². The average molecular weight is 288 g/mol. The highest BCUT2D eigenvalue weighted by Gasteiger charge is 2.07. The minimum absolute atomic E-state index is 0.596. The first-order valence-electron chi connectivity index (χ1n) is 8.07. The molecule has 0 aliphatic heterocycles. The quantitative estimate of drug-likeness (QED) is 0.716. The highest BCUT2D eigenvalue weighted by molar-refractivity contribution is 5.83. The highest BCUT2D eigenvalue weighted by atomic mass is 16.5. The monoisotopic (exact) mass is 288 g/mol. The molecule has 1 aromatic carbocycles. The van der Waals surface area contributed by atoms with Crippen molar-refractivity contribution in [3.63, 3.8) is 0 Å². The van der Waals surface area contributed by atoms with Crippen LogP contribution in [0.15, 0.2) is 30.5 Å². The van der Waals surface area contributed by atoms with Crippen LogP contribution in [0.5, 0.6) is 0 Å². The smallest absolute Gasteiger partial charge is 0.0645 e. The number of benzene rings is 1. The van der Waals surface area contributed by atoms with E-state index in [1.54, 1.807) is 0 Å². The van der Waals surface area contributed by atoms with Crippen molar-refractivity contribution in [3.05, 3.63) is 36.0 Å². The highest BCUT2D eigenvalue weighted by Crippen LogP contribution is 2.22. The maximum absolute atomic E-state index is 5.72. The Balaban J connectivity index is 2.04. The van der Waals surface area contributed by atoms with E-state index in [4.69, 9.17) is 10.5 Å². The molecule has 2 aromatic rings. The molecule has 2 rings (SSSR count). The standard InChI is InChI=1S/C18H28N2O/c1-15(2)14-21-12-11-20-13-16(7-5-6-10-19)17-8-3-4-9-18(17)20/h3-4,8-9,13,15H,5-7,10-12,14,19H2,1-2H3. The van der Waals surface area contributed by atoms with Gasteiger partial charge in [0, 0.05) is 30.3 Å². The summed E-state index contributed by atoms with van der Waals surface area (Å²) < 4.78 is 8.05. The van der Waals surface area contributed by atoms with Crippen molar-refractivity contribution in [1.29, 1.82) is 0 Å². The Bertz CT molecular complexity index is 545. The minimum Gasteiger partial charge on any atom is -0.379 e. The zero-order chi connectivity index (χ0) is 15.1. The predicted octanol–water partition coefficient (Wildman–Crippen LogP) is 3.60. The molecule has 0 amide bonds. The molecule has 0 bridgehead atoms.